The Balaban J connectivity index is 2.25. The summed E-state index contributed by atoms with van der Waals surface area (Å²) in [6, 6.07) is 8.09. The molecule has 2 atom stereocenters. The van der Waals surface area contributed by atoms with Crippen molar-refractivity contribution >= 4 is 12.8 Å². The molecular formula is C12H14N2O2. The molecule has 84 valence electrons. The van der Waals surface area contributed by atoms with Crippen molar-refractivity contribution in [3.8, 4) is 0 Å². The summed E-state index contributed by atoms with van der Waals surface area (Å²) in [5, 5.41) is 5.57. The molecule has 0 saturated carbocycles. The highest BCUT2D eigenvalue weighted by atomic mass is 16.1. The molecule has 1 aromatic carbocycles. The Morgan fingerprint density at radius 2 is 1.88 bits per heavy atom. The highest BCUT2D eigenvalue weighted by Gasteiger charge is 2.25. The predicted molar refractivity (Wildman–Crippen MR) is 59.7 cm³/mol. The Bertz CT molecular complexity index is 392. The van der Waals surface area contributed by atoms with Gasteiger partial charge in [-0.05, 0) is 24.0 Å². The van der Waals surface area contributed by atoms with E-state index < -0.39 is 0 Å². The number of carbonyl (C=O) groups excluding carboxylic acids is 2. The minimum atomic E-state index is -0.0000926. The van der Waals surface area contributed by atoms with Crippen molar-refractivity contribution in [3.05, 3.63) is 35.4 Å². The molecule has 1 aliphatic rings. The lowest BCUT2D eigenvalue weighted by molar-refractivity contribution is -0.110. The molecule has 0 aliphatic heterocycles. The molecule has 16 heavy (non-hydrogen) atoms. The van der Waals surface area contributed by atoms with Crippen molar-refractivity contribution in [1.82, 2.24) is 10.6 Å². The van der Waals surface area contributed by atoms with Crippen LogP contribution >= 0.6 is 0 Å². The van der Waals surface area contributed by atoms with Crippen LogP contribution in [0.5, 0.6) is 0 Å². The molecule has 0 saturated heterocycles. The van der Waals surface area contributed by atoms with Gasteiger partial charge in [0, 0.05) is 6.04 Å². The standard InChI is InChI=1S/C12H14N2O2/c15-7-13-10-5-9-3-1-2-4-11(9)12(6-10)14-8-16/h1-4,7-8,10,12H,5-6H2,(H,13,15)(H,14,16)/t10-,12-/m0/s1. The van der Waals surface area contributed by atoms with Gasteiger partial charge < -0.3 is 10.6 Å². The molecule has 2 N–H and O–H groups in total. The maximum Gasteiger partial charge on any atom is 0.207 e. The summed E-state index contributed by atoms with van der Waals surface area (Å²) < 4.78 is 0. The monoisotopic (exact) mass is 218 g/mol. The van der Waals surface area contributed by atoms with Gasteiger partial charge in [0.25, 0.3) is 0 Å². The summed E-state index contributed by atoms with van der Waals surface area (Å²) in [7, 11) is 0. The zero-order chi connectivity index (χ0) is 11.4. The van der Waals surface area contributed by atoms with E-state index >= 15 is 0 Å². The first-order valence-electron chi connectivity index (χ1n) is 5.32. The van der Waals surface area contributed by atoms with E-state index in [1.54, 1.807) is 0 Å². The number of nitrogens with one attached hydrogen (secondary N) is 2. The van der Waals surface area contributed by atoms with E-state index in [0.717, 1.165) is 24.8 Å². The Kier molecular flexibility index (Phi) is 3.19. The molecule has 0 aromatic heterocycles. The molecule has 0 spiro atoms. The van der Waals surface area contributed by atoms with Gasteiger partial charge in [-0.25, -0.2) is 0 Å². The fourth-order valence-corrected chi connectivity index (χ4v) is 2.28. The second-order valence-corrected chi connectivity index (χ2v) is 3.96. The third kappa shape index (κ3) is 2.05. The maximum atomic E-state index is 10.5. The van der Waals surface area contributed by atoms with Crippen LogP contribution in [0.25, 0.3) is 0 Å². The van der Waals surface area contributed by atoms with Crippen LogP contribution in [0.1, 0.15) is 23.6 Å². The SMILES string of the molecule is O=CN[C@H]1Cc2ccccc2[C@@H](NC=O)C1. The number of benzene rings is 1. The molecule has 4 nitrogen and oxygen atoms in total. The molecule has 0 heterocycles. The molecule has 0 radical (unpaired) electrons. The topological polar surface area (TPSA) is 58.2 Å². The Hall–Kier alpha value is -1.84. The second-order valence-electron chi connectivity index (χ2n) is 3.96. The van der Waals surface area contributed by atoms with Crippen molar-refractivity contribution in [2.45, 2.75) is 24.9 Å². The predicted octanol–water partition coefficient (Wildman–Crippen LogP) is 0.534. The molecule has 2 rings (SSSR count). The summed E-state index contributed by atoms with van der Waals surface area (Å²) >= 11 is 0. The molecular weight excluding hydrogens is 204 g/mol. The highest BCUT2D eigenvalue weighted by Crippen LogP contribution is 2.29. The van der Waals surface area contributed by atoms with Crippen molar-refractivity contribution in [3.63, 3.8) is 0 Å². The second kappa shape index (κ2) is 4.79. The molecule has 4 heteroatoms. The third-order valence-electron chi connectivity index (χ3n) is 2.99. The molecule has 1 aliphatic carbocycles. The number of rotatable bonds is 4. The first kappa shape index (κ1) is 10.7. The molecule has 0 unspecified atom stereocenters. The fourth-order valence-electron chi connectivity index (χ4n) is 2.28. The lowest BCUT2D eigenvalue weighted by Crippen LogP contribution is -2.39. The number of hydrogen-bond donors (Lipinski definition) is 2. The summed E-state index contributed by atoms with van der Waals surface area (Å²) in [4.78, 5) is 21.0. The quantitative estimate of drug-likeness (QED) is 0.724. The molecule has 0 bridgehead atoms. The van der Waals surface area contributed by atoms with Crippen LogP contribution in [-0.2, 0) is 16.0 Å². The van der Waals surface area contributed by atoms with Crippen molar-refractivity contribution < 1.29 is 9.59 Å². The summed E-state index contributed by atoms with van der Waals surface area (Å²) in [6.45, 7) is 0. The van der Waals surface area contributed by atoms with Crippen LogP contribution in [0, 0.1) is 0 Å². The minimum Gasteiger partial charge on any atom is -0.356 e. The van der Waals surface area contributed by atoms with Crippen LogP contribution in [0.2, 0.25) is 0 Å². The van der Waals surface area contributed by atoms with Crippen LogP contribution in [0.3, 0.4) is 0 Å². The van der Waals surface area contributed by atoms with E-state index in [1.807, 2.05) is 24.3 Å². The van der Waals surface area contributed by atoms with Crippen molar-refractivity contribution in [1.29, 1.82) is 0 Å². The van der Waals surface area contributed by atoms with Gasteiger partial charge in [0.15, 0.2) is 0 Å². The maximum absolute atomic E-state index is 10.5. The van der Waals surface area contributed by atoms with E-state index in [-0.39, 0.29) is 12.1 Å². The highest BCUT2D eigenvalue weighted by molar-refractivity contribution is 5.50. The molecule has 1 aromatic rings. The van der Waals surface area contributed by atoms with Crippen LogP contribution in [0.15, 0.2) is 24.3 Å². The fraction of sp³-hybridized carbons (Fsp3) is 0.333. The van der Waals surface area contributed by atoms with Crippen LogP contribution in [-0.4, -0.2) is 18.9 Å². The number of carbonyl (C=O) groups is 2. The number of fused-ring (bicyclic) bond motifs is 1. The summed E-state index contributed by atoms with van der Waals surface area (Å²) in [5.41, 5.74) is 2.34. The van der Waals surface area contributed by atoms with Gasteiger partial charge in [-0.1, -0.05) is 24.3 Å². The Morgan fingerprint density at radius 1 is 1.12 bits per heavy atom. The first-order chi connectivity index (χ1) is 7.85. The molecule has 2 amide bonds. The normalized spacial score (nSPS) is 23.0. The van der Waals surface area contributed by atoms with Gasteiger partial charge in [0.05, 0.1) is 6.04 Å². The zero-order valence-corrected chi connectivity index (χ0v) is 8.85. The van der Waals surface area contributed by atoms with Crippen LogP contribution in [0.4, 0.5) is 0 Å². The average molecular weight is 218 g/mol. The number of hydrogen-bond acceptors (Lipinski definition) is 2. The van der Waals surface area contributed by atoms with E-state index in [1.165, 1.54) is 5.56 Å². The Labute approximate surface area is 94.0 Å². The van der Waals surface area contributed by atoms with Gasteiger partial charge in [-0.3, -0.25) is 9.59 Å². The first-order valence-corrected chi connectivity index (χ1v) is 5.32. The van der Waals surface area contributed by atoms with Gasteiger partial charge in [-0.2, -0.15) is 0 Å². The summed E-state index contributed by atoms with van der Waals surface area (Å²) in [5.74, 6) is 0. The van der Waals surface area contributed by atoms with Gasteiger partial charge in [0.2, 0.25) is 12.8 Å². The number of amides is 2. The molecule has 0 fully saturated rings. The zero-order valence-electron chi connectivity index (χ0n) is 8.85. The van der Waals surface area contributed by atoms with Gasteiger partial charge >= 0.3 is 0 Å². The van der Waals surface area contributed by atoms with Gasteiger partial charge in [0.1, 0.15) is 0 Å². The van der Waals surface area contributed by atoms with E-state index in [4.69, 9.17) is 0 Å². The van der Waals surface area contributed by atoms with Crippen LogP contribution < -0.4 is 10.6 Å². The summed E-state index contributed by atoms with van der Waals surface area (Å²) in [6.07, 6.45) is 3.00. The largest absolute Gasteiger partial charge is 0.356 e. The minimum absolute atomic E-state index is 0.0000926. The van der Waals surface area contributed by atoms with E-state index in [2.05, 4.69) is 10.6 Å². The third-order valence-corrected chi connectivity index (χ3v) is 2.99. The smallest absolute Gasteiger partial charge is 0.207 e. The van der Waals surface area contributed by atoms with E-state index in [0.29, 0.717) is 6.41 Å². The van der Waals surface area contributed by atoms with Crippen molar-refractivity contribution in [2.24, 2.45) is 0 Å². The lowest BCUT2D eigenvalue weighted by atomic mass is 9.85. The average Bonchev–Trinajstić information content (AvgIpc) is 2.30. The lowest BCUT2D eigenvalue weighted by Gasteiger charge is -2.30. The Morgan fingerprint density at radius 3 is 2.62 bits per heavy atom. The van der Waals surface area contributed by atoms with Crippen molar-refractivity contribution in [2.75, 3.05) is 0 Å². The van der Waals surface area contributed by atoms with Gasteiger partial charge in [-0.15, -0.1) is 0 Å². The van der Waals surface area contributed by atoms with E-state index in [9.17, 15) is 9.59 Å².